The normalized spacial score (nSPS) is 20.7. The summed E-state index contributed by atoms with van der Waals surface area (Å²) in [5.74, 6) is 1.08. The summed E-state index contributed by atoms with van der Waals surface area (Å²) in [5.41, 5.74) is 7.44. The molecule has 1 atom stereocenters. The fourth-order valence-electron chi connectivity index (χ4n) is 9.56. The third-order valence-electron chi connectivity index (χ3n) is 11.6. The van der Waals surface area contributed by atoms with E-state index in [2.05, 4.69) is 124 Å². The van der Waals surface area contributed by atoms with Crippen molar-refractivity contribution in [2.24, 2.45) is 0 Å². The van der Waals surface area contributed by atoms with Crippen LogP contribution in [0, 0.1) is 5.20 Å². The van der Waals surface area contributed by atoms with Crippen LogP contribution in [0.4, 0.5) is 0 Å². The van der Waals surface area contributed by atoms with Gasteiger partial charge in [0.2, 0.25) is 0 Å². The Labute approximate surface area is 291 Å². The Kier molecular flexibility index (Phi) is 9.74. The standard InChI is InChI=1S/C43H50N3PS/c1-6-19-34(20-7-1)42-44-46(37-24-10-3-11-25-37)43(45(42)36-22-8-2-9-23-36)47(38-26-12-4-13-27-38,39-28-14-5-15-29-39)41-31-17-16-21-35(41)33-40-30-18-32-48-40/h1-3,6-11,18-20,22-25,30,32-33,38-39,41H,4-5,12-17,21,26-29,31H2. The maximum absolute atomic E-state index is 5.77. The van der Waals surface area contributed by atoms with Gasteiger partial charge in [-0.05, 0) is 105 Å². The minimum atomic E-state index is -1.96. The molecule has 3 fully saturated rings. The highest BCUT2D eigenvalue weighted by Gasteiger charge is 2.47. The lowest BCUT2D eigenvalue weighted by Gasteiger charge is -2.50. The van der Waals surface area contributed by atoms with Crippen LogP contribution in [0.3, 0.4) is 0 Å². The third kappa shape index (κ3) is 6.05. The van der Waals surface area contributed by atoms with Crippen molar-refractivity contribution in [3.63, 3.8) is 0 Å². The summed E-state index contributed by atoms with van der Waals surface area (Å²) >= 11 is 1.91. The molecule has 0 bridgehead atoms. The Morgan fingerprint density at radius 3 is 1.79 bits per heavy atom. The Morgan fingerprint density at radius 1 is 0.604 bits per heavy atom. The Hall–Kier alpha value is -3.33. The molecule has 0 spiro atoms. The summed E-state index contributed by atoms with van der Waals surface area (Å²) < 4.78 is 5.18. The minimum absolute atomic E-state index is 0.595. The van der Waals surface area contributed by atoms with Gasteiger partial charge in [0.05, 0.1) is 5.69 Å². The molecule has 248 valence electrons. The van der Waals surface area contributed by atoms with Crippen LogP contribution < -0.4 is 0 Å². The smallest absolute Gasteiger partial charge is 0.167 e. The minimum Gasteiger partial charge on any atom is -0.277 e. The number of benzene rings is 3. The summed E-state index contributed by atoms with van der Waals surface area (Å²) in [5, 5.41) is 9.57. The molecule has 2 aromatic heterocycles. The molecule has 3 saturated carbocycles. The van der Waals surface area contributed by atoms with Gasteiger partial charge >= 0.3 is 0 Å². The molecule has 1 unspecified atom stereocenters. The van der Waals surface area contributed by atoms with E-state index in [0.717, 1.165) is 17.1 Å². The number of hydrogen-bond donors (Lipinski definition) is 0. The first kappa shape index (κ1) is 31.9. The lowest BCUT2D eigenvalue weighted by Crippen LogP contribution is -2.34. The largest absolute Gasteiger partial charge is 0.277 e. The van der Waals surface area contributed by atoms with E-state index in [0.29, 0.717) is 5.66 Å². The van der Waals surface area contributed by atoms with Crippen molar-refractivity contribution in [1.82, 2.24) is 14.3 Å². The number of nitrogens with zero attached hydrogens (tertiary/aromatic N) is 3. The molecule has 5 aromatic rings. The van der Waals surface area contributed by atoms with Crippen LogP contribution in [0.15, 0.2) is 114 Å². The zero-order valence-corrected chi connectivity index (χ0v) is 30.0. The van der Waals surface area contributed by atoms with Crippen molar-refractivity contribution in [1.29, 1.82) is 0 Å². The Bertz CT molecular complexity index is 1870. The third-order valence-corrected chi connectivity index (χ3v) is 18.5. The van der Waals surface area contributed by atoms with Gasteiger partial charge in [0.25, 0.3) is 0 Å². The van der Waals surface area contributed by atoms with Crippen molar-refractivity contribution >= 4 is 24.3 Å². The molecule has 3 aliphatic rings. The van der Waals surface area contributed by atoms with Gasteiger partial charge in [0.1, 0.15) is 5.20 Å². The summed E-state index contributed by atoms with van der Waals surface area (Å²) in [6, 6.07) is 38.1. The number of hydrogen-bond acceptors (Lipinski definition) is 2. The van der Waals surface area contributed by atoms with Gasteiger partial charge in [-0.1, -0.05) is 123 Å². The van der Waals surface area contributed by atoms with E-state index in [1.54, 1.807) is 10.8 Å². The van der Waals surface area contributed by atoms with Crippen LogP contribution in [-0.4, -0.2) is 31.3 Å². The van der Waals surface area contributed by atoms with Gasteiger partial charge in [-0.15, -0.1) is 16.4 Å². The summed E-state index contributed by atoms with van der Waals surface area (Å²) in [4.78, 5) is 1.43. The van der Waals surface area contributed by atoms with Crippen molar-refractivity contribution in [2.75, 3.05) is 0 Å². The lowest BCUT2D eigenvalue weighted by molar-refractivity contribution is 0.472. The van der Waals surface area contributed by atoms with Gasteiger partial charge < -0.3 is 0 Å². The first-order valence-corrected chi connectivity index (χ1v) is 21.6. The zero-order chi connectivity index (χ0) is 32.2. The molecule has 3 nitrogen and oxygen atoms in total. The molecule has 48 heavy (non-hydrogen) atoms. The van der Waals surface area contributed by atoms with Crippen LogP contribution in [0.25, 0.3) is 28.8 Å². The van der Waals surface area contributed by atoms with E-state index in [9.17, 15) is 0 Å². The van der Waals surface area contributed by atoms with E-state index < -0.39 is 6.89 Å². The monoisotopic (exact) mass is 671 g/mol. The fourth-order valence-corrected chi connectivity index (χ4v) is 17.6. The molecule has 5 heteroatoms. The molecular weight excluding hydrogens is 622 g/mol. The molecular formula is C43H50N3PS. The van der Waals surface area contributed by atoms with Gasteiger partial charge in [0.15, 0.2) is 5.82 Å². The lowest BCUT2D eigenvalue weighted by atomic mass is 9.93. The highest BCUT2D eigenvalue weighted by atomic mass is 32.1. The van der Waals surface area contributed by atoms with Gasteiger partial charge in [-0.25, -0.2) is 4.68 Å². The van der Waals surface area contributed by atoms with E-state index >= 15 is 0 Å². The van der Waals surface area contributed by atoms with Crippen molar-refractivity contribution in [2.45, 2.75) is 107 Å². The van der Waals surface area contributed by atoms with Crippen molar-refractivity contribution in [3.8, 4) is 22.8 Å². The summed E-state index contributed by atoms with van der Waals surface area (Å²) in [6.45, 7) is -1.96. The second-order valence-electron chi connectivity index (χ2n) is 14.3. The topological polar surface area (TPSA) is 22.8 Å². The highest BCUT2D eigenvalue weighted by molar-refractivity contribution is 7.70. The van der Waals surface area contributed by atoms with Crippen LogP contribution in [0.1, 0.15) is 94.8 Å². The highest BCUT2D eigenvalue weighted by Crippen LogP contribution is 2.72. The Morgan fingerprint density at radius 2 is 1.19 bits per heavy atom. The summed E-state index contributed by atoms with van der Waals surface area (Å²) in [7, 11) is 0. The van der Waals surface area contributed by atoms with E-state index in [1.807, 2.05) is 11.3 Å². The molecule has 8 rings (SSSR count). The molecule has 0 saturated heterocycles. The first-order chi connectivity index (χ1) is 23.8. The quantitative estimate of drug-likeness (QED) is 0.158. The van der Waals surface area contributed by atoms with Crippen molar-refractivity contribution < 1.29 is 0 Å². The van der Waals surface area contributed by atoms with E-state index in [4.69, 9.17) is 5.10 Å². The van der Waals surface area contributed by atoms with Crippen molar-refractivity contribution in [3.05, 3.63) is 124 Å². The number of allylic oxidation sites excluding steroid dienone is 1. The molecule has 0 amide bonds. The SMILES string of the molecule is C(=C1CCCCC1P(=c1n(-c2ccccc2)nc(-c2ccccc2)n1-c1ccccc1)(C1CCCCC1)C1CCCCC1)c1cccs1. The fraction of sp³-hybridized carbons (Fsp3) is 0.395. The summed E-state index contributed by atoms with van der Waals surface area (Å²) in [6.07, 6.45) is 21.5. The molecule has 0 N–H and O–H groups in total. The average molecular weight is 672 g/mol. The molecule has 2 heterocycles. The van der Waals surface area contributed by atoms with Gasteiger partial charge in [-0.2, -0.15) is 0 Å². The molecule has 3 aliphatic carbocycles. The van der Waals surface area contributed by atoms with Gasteiger partial charge in [-0.3, -0.25) is 4.57 Å². The predicted octanol–water partition coefficient (Wildman–Crippen LogP) is 12.6. The second-order valence-corrected chi connectivity index (χ2v) is 19.5. The molecule has 0 aliphatic heterocycles. The number of para-hydroxylation sites is 2. The molecule has 0 radical (unpaired) electrons. The van der Waals surface area contributed by atoms with Crippen LogP contribution in [-0.2, 0) is 0 Å². The zero-order valence-electron chi connectivity index (χ0n) is 28.3. The van der Waals surface area contributed by atoms with Crippen LogP contribution in [0.5, 0.6) is 0 Å². The first-order valence-electron chi connectivity index (χ1n) is 18.7. The van der Waals surface area contributed by atoms with Gasteiger partial charge in [0, 0.05) is 21.8 Å². The average Bonchev–Trinajstić information content (AvgIpc) is 3.84. The second kappa shape index (κ2) is 14.7. The van der Waals surface area contributed by atoms with Crippen LogP contribution >= 0.6 is 18.2 Å². The maximum atomic E-state index is 5.77. The Balaban J connectivity index is 1.60. The van der Waals surface area contributed by atoms with E-state index in [1.165, 1.54) is 112 Å². The maximum Gasteiger partial charge on any atom is 0.167 e. The number of rotatable bonds is 7. The number of aromatic nitrogens is 3. The molecule has 3 aromatic carbocycles. The number of thiophene rings is 1. The van der Waals surface area contributed by atoms with E-state index in [-0.39, 0.29) is 0 Å². The van der Waals surface area contributed by atoms with Crippen LogP contribution in [0.2, 0.25) is 0 Å². The predicted molar refractivity (Wildman–Crippen MR) is 207 cm³/mol.